The molecule has 0 saturated heterocycles. The Kier molecular flexibility index (Phi) is 5.10. The van der Waals surface area contributed by atoms with E-state index in [4.69, 9.17) is 0 Å². The molecule has 0 aliphatic heterocycles. The maximum atomic E-state index is 12.9. The van der Waals surface area contributed by atoms with Crippen molar-refractivity contribution in [1.82, 2.24) is 4.98 Å². The molecule has 1 amide bonds. The Hall–Kier alpha value is -2.28. The van der Waals surface area contributed by atoms with Gasteiger partial charge in [0.15, 0.2) is 9.84 Å². The maximum absolute atomic E-state index is 12.9. The van der Waals surface area contributed by atoms with Crippen LogP contribution in [-0.2, 0) is 21.1 Å². The summed E-state index contributed by atoms with van der Waals surface area (Å²) in [5.74, 6) is -0.558. The first-order valence-electron chi connectivity index (χ1n) is 7.04. The summed E-state index contributed by atoms with van der Waals surface area (Å²) in [7, 11) is -1.89. The third kappa shape index (κ3) is 3.92. The largest absolute Gasteiger partial charge is 0.300 e. The molecule has 1 heterocycles. The van der Waals surface area contributed by atoms with Crippen LogP contribution in [0.2, 0.25) is 0 Å². The van der Waals surface area contributed by atoms with Crippen molar-refractivity contribution in [3.05, 3.63) is 54.0 Å². The Morgan fingerprint density at radius 1 is 1.22 bits per heavy atom. The Morgan fingerprint density at radius 2 is 1.91 bits per heavy atom. The minimum absolute atomic E-state index is 0.0342. The second kappa shape index (κ2) is 6.87. The van der Waals surface area contributed by atoms with Gasteiger partial charge in [-0.1, -0.05) is 25.1 Å². The molecule has 0 bridgehead atoms. The van der Waals surface area contributed by atoms with Crippen LogP contribution < -0.4 is 4.90 Å². The van der Waals surface area contributed by atoms with E-state index in [9.17, 15) is 17.6 Å². The van der Waals surface area contributed by atoms with Crippen molar-refractivity contribution in [1.29, 1.82) is 0 Å². The van der Waals surface area contributed by atoms with Crippen LogP contribution in [0.4, 0.5) is 10.2 Å². The molecule has 122 valence electrons. The van der Waals surface area contributed by atoms with E-state index in [-0.39, 0.29) is 23.0 Å². The van der Waals surface area contributed by atoms with Crippen LogP contribution in [0, 0.1) is 5.82 Å². The van der Waals surface area contributed by atoms with Crippen LogP contribution in [0.25, 0.3) is 0 Å². The van der Waals surface area contributed by atoms with Crippen LogP contribution >= 0.6 is 0 Å². The zero-order valence-corrected chi connectivity index (χ0v) is 13.7. The highest BCUT2D eigenvalue weighted by molar-refractivity contribution is 7.91. The number of pyridine rings is 1. The van der Waals surface area contributed by atoms with E-state index >= 15 is 0 Å². The minimum Gasteiger partial charge on any atom is -0.300 e. The molecular formula is C16H17FN2O3S. The number of rotatable bonds is 5. The predicted molar refractivity (Wildman–Crippen MR) is 85.5 cm³/mol. The predicted octanol–water partition coefficient (Wildman–Crippen LogP) is 2.22. The van der Waals surface area contributed by atoms with Crippen LogP contribution in [0.1, 0.15) is 12.5 Å². The molecule has 1 aromatic heterocycles. The number of aromatic nitrogens is 1. The molecule has 7 heteroatoms. The van der Waals surface area contributed by atoms with Gasteiger partial charge in [-0.25, -0.2) is 17.8 Å². The van der Waals surface area contributed by atoms with E-state index in [1.54, 1.807) is 25.1 Å². The minimum atomic E-state index is -3.41. The van der Waals surface area contributed by atoms with Crippen molar-refractivity contribution in [3.63, 3.8) is 0 Å². The summed E-state index contributed by atoms with van der Waals surface area (Å²) in [5.41, 5.74) is 0.438. The second-order valence-electron chi connectivity index (χ2n) is 4.98. The lowest BCUT2D eigenvalue weighted by molar-refractivity contribution is -0.117. The number of amides is 1. The lowest BCUT2D eigenvalue weighted by Gasteiger charge is -2.17. The van der Waals surface area contributed by atoms with Gasteiger partial charge in [0, 0.05) is 7.05 Å². The van der Waals surface area contributed by atoms with Crippen LogP contribution in [-0.4, -0.2) is 32.1 Å². The standard InChI is InChI=1S/C16H17FN2O3S/c1-3-23(21,22)14-7-5-4-6-12(14)10-16(20)19(2)15-9-8-13(17)11-18-15/h4-9,11H,3,10H2,1-2H3. The number of nitrogens with zero attached hydrogens (tertiary/aromatic N) is 2. The summed E-state index contributed by atoms with van der Waals surface area (Å²) >= 11 is 0. The molecule has 0 fully saturated rings. The number of hydrogen-bond donors (Lipinski definition) is 0. The third-order valence-corrected chi connectivity index (χ3v) is 5.29. The van der Waals surface area contributed by atoms with Gasteiger partial charge in [0.05, 0.1) is 23.3 Å². The number of carbonyl (C=O) groups is 1. The Labute approximate surface area is 134 Å². The zero-order valence-electron chi connectivity index (χ0n) is 12.9. The summed E-state index contributed by atoms with van der Waals surface area (Å²) < 4.78 is 37.1. The number of halogens is 1. The molecular weight excluding hydrogens is 319 g/mol. The number of anilines is 1. The van der Waals surface area contributed by atoms with Crippen molar-refractivity contribution >= 4 is 21.6 Å². The molecule has 0 radical (unpaired) electrons. The summed E-state index contributed by atoms with van der Waals surface area (Å²) in [4.78, 5) is 17.6. The van der Waals surface area contributed by atoms with E-state index in [2.05, 4.69) is 4.98 Å². The van der Waals surface area contributed by atoms with E-state index in [0.29, 0.717) is 11.4 Å². The first-order chi connectivity index (χ1) is 10.8. The average Bonchev–Trinajstić information content (AvgIpc) is 2.55. The molecule has 23 heavy (non-hydrogen) atoms. The molecule has 0 aliphatic carbocycles. The van der Waals surface area contributed by atoms with E-state index in [0.717, 1.165) is 6.20 Å². The molecule has 0 saturated carbocycles. The van der Waals surface area contributed by atoms with Gasteiger partial charge in [0.2, 0.25) is 5.91 Å². The zero-order chi connectivity index (χ0) is 17.0. The molecule has 1 aromatic carbocycles. The van der Waals surface area contributed by atoms with E-state index in [1.165, 1.54) is 30.1 Å². The highest BCUT2D eigenvalue weighted by Gasteiger charge is 2.20. The SMILES string of the molecule is CCS(=O)(=O)c1ccccc1CC(=O)N(C)c1ccc(F)cn1. The summed E-state index contributed by atoms with van der Waals surface area (Å²) in [6.45, 7) is 1.56. The number of benzene rings is 1. The van der Waals surface area contributed by atoms with E-state index < -0.39 is 15.7 Å². The van der Waals surface area contributed by atoms with Gasteiger partial charge in [0.1, 0.15) is 11.6 Å². The number of hydrogen-bond acceptors (Lipinski definition) is 4. The quantitative estimate of drug-likeness (QED) is 0.840. The second-order valence-corrected chi connectivity index (χ2v) is 7.22. The normalized spacial score (nSPS) is 11.3. The number of carbonyl (C=O) groups excluding carboxylic acids is 1. The number of sulfone groups is 1. The van der Waals surface area contributed by atoms with Crippen molar-refractivity contribution in [2.45, 2.75) is 18.2 Å². The van der Waals surface area contributed by atoms with Crippen LogP contribution in [0.5, 0.6) is 0 Å². The highest BCUT2D eigenvalue weighted by Crippen LogP contribution is 2.19. The first-order valence-corrected chi connectivity index (χ1v) is 8.69. The molecule has 5 nitrogen and oxygen atoms in total. The van der Waals surface area contributed by atoms with Gasteiger partial charge < -0.3 is 0 Å². The Morgan fingerprint density at radius 3 is 2.52 bits per heavy atom. The third-order valence-electron chi connectivity index (χ3n) is 3.46. The van der Waals surface area contributed by atoms with Crippen molar-refractivity contribution in [2.24, 2.45) is 0 Å². The van der Waals surface area contributed by atoms with Gasteiger partial charge in [-0.3, -0.25) is 9.69 Å². The molecule has 0 atom stereocenters. The molecule has 2 rings (SSSR count). The van der Waals surface area contributed by atoms with Gasteiger partial charge in [0.25, 0.3) is 0 Å². The summed E-state index contributed by atoms with van der Waals surface area (Å²) in [6.07, 6.45) is 0.944. The van der Waals surface area contributed by atoms with Gasteiger partial charge in [-0.15, -0.1) is 0 Å². The fourth-order valence-electron chi connectivity index (χ4n) is 2.08. The average molecular weight is 336 g/mol. The van der Waals surface area contributed by atoms with Crippen LogP contribution in [0.15, 0.2) is 47.5 Å². The van der Waals surface area contributed by atoms with Crippen molar-refractivity contribution in [2.75, 3.05) is 17.7 Å². The Balaban J connectivity index is 2.26. The van der Waals surface area contributed by atoms with Gasteiger partial charge >= 0.3 is 0 Å². The smallest absolute Gasteiger partial charge is 0.232 e. The molecule has 0 N–H and O–H groups in total. The van der Waals surface area contributed by atoms with Gasteiger partial charge in [-0.2, -0.15) is 0 Å². The topological polar surface area (TPSA) is 67.3 Å². The molecule has 0 spiro atoms. The molecule has 0 unspecified atom stereocenters. The highest BCUT2D eigenvalue weighted by atomic mass is 32.2. The summed E-state index contributed by atoms with van der Waals surface area (Å²) in [5, 5.41) is 0. The monoisotopic (exact) mass is 336 g/mol. The number of likely N-dealkylation sites (N-methyl/N-ethyl adjacent to an activating group) is 1. The van der Waals surface area contributed by atoms with Crippen LogP contribution in [0.3, 0.4) is 0 Å². The Bertz CT molecular complexity index is 804. The lowest BCUT2D eigenvalue weighted by atomic mass is 10.1. The molecule has 2 aromatic rings. The fourth-order valence-corrected chi connectivity index (χ4v) is 3.22. The van der Waals surface area contributed by atoms with Crippen molar-refractivity contribution in [3.8, 4) is 0 Å². The van der Waals surface area contributed by atoms with Crippen molar-refractivity contribution < 1.29 is 17.6 Å². The van der Waals surface area contributed by atoms with E-state index in [1.807, 2.05) is 0 Å². The fraction of sp³-hybridized carbons (Fsp3) is 0.250. The first kappa shape index (κ1) is 17.1. The summed E-state index contributed by atoms with van der Waals surface area (Å²) in [6, 6.07) is 9.03. The lowest BCUT2D eigenvalue weighted by Crippen LogP contribution is -2.29. The van der Waals surface area contributed by atoms with Gasteiger partial charge in [-0.05, 0) is 23.8 Å². The maximum Gasteiger partial charge on any atom is 0.232 e. The molecule has 0 aliphatic rings.